The fraction of sp³-hybridized carbons (Fsp3) is 0.364. The minimum Gasteiger partial charge on any atom is -0.368 e. The molecule has 0 saturated heterocycles. The predicted molar refractivity (Wildman–Crippen MR) is 72.1 cm³/mol. The van der Waals surface area contributed by atoms with Gasteiger partial charge in [0.05, 0.1) is 0 Å². The summed E-state index contributed by atoms with van der Waals surface area (Å²) in [6.45, 7) is 1.74. The molecule has 8 heteroatoms. The normalized spacial score (nSPS) is 10.2. The van der Waals surface area contributed by atoms with Crippen LogP contribution in [0.1, 0.15) is 17.4 Å². The number of primary amides is 2. The Hall–Kier alpha value is -1.83. The first-order chi connectivity index (χ1) is 8.85. The topological polar surface area (TPSA) is 111 Å². The molecule has 104 valence electrons. The molecule has 0 bridgehead atoms. The summed E-state index contributed by atoms with van der Waals surface area (Å²) in [4.78, 5) is 35.2. The zero-order valence-corrected chi connectivity index (χ0v) is 12.0. The average Bonchev–Trinajstić information content (AvgIpc) is 2.67. The van der Waals surface area contributed by atoms with Crippen molar-refractivity contribution in [2.75, 3.05) is 13.1 Å². The van der Waals surface area contributed by atoms with Crippen molar-refractivity contribution in [2.45, 2.75) is 13.5 Å². The van der Waals surface area contributed by atoms with E-state index in [4.69, 9.17) is 11.5 Å². The van der Waals surface area contributed by atoms with Crippen LogP contribution in [0.3, 0.4) is 0 Å². The molecule has 1 aromatic rings. The molecular weight excluding hydrogens is 316 g/mol. The fourth-order valence-corrected chi connectivity index (χ4v) is 2.12. The van der Waals surface area contributed by atoms with Gasteiger partial charge < -0.3 is 20.9 Å². The second-order valence-corrected chi connectivity index (χ2v) is 4.84. The molecule has 0 saturated carbocycles. The lowest BCUT2D eigenvalue weighted by Gasteiger charge is -2.20. The number of hydrogen-bond acceptors (Lipinski definition) is 3. The highest BCUT2D eigenvalue weighted by atomic mass is 79.9. The highest BCUT2D eigenvalue weighted by molar-refractivity contribution is 9.10. The van der Waals surface area contributed by atoms with Crippen molar-refractivity contribution in [1.82, 2.24) is 9.47 Å². The van der Waals surface area contributed by atoms with Crippen LogP contribution < -0.4 is 11.5 Å². The zero-order valence-electron chi connectivity index (χ0n) is 10.4. The highest BCUT2D eigenvalue weighted by Gasteiger charge is 2.22. The van der Waals surface area contributed by atoms with Gasteiger partial charge >= 0.3 is 0 Å². The predicted octanol–water partition coefficient (Wildman–Crippen LogP) is -0.317. The van der Waals surface area contributed by atoms with E-state index in [1.807, 2.05) is 6.92 Å². The molecule has 3 amide bonds. The van der Waals surface area contributed by atoms with E-state index in [9.17, 15) is 14.4 Å². The summed E-state index contributed by atoms with van der Waals surface area (Å²) in [5.41, 5.74) is 10.5. The van der Waals surface area contributed by atoms with Crippen molar-refractivity contribution >= 4 is 33.7 Å². The molecule has 1 aromatic heterocycles. The van der Waals surface area contributed by atoms with Gasteiger partial charge in [-0.1, -0.05) is 0 Å². The van der Waals surface area contributed by atoms with Gasteiger partial charge in [0.15, 0.2) is 0 Å². The molecule has 0 atom stereocenters. The number of hydrogen-bond donors (Lipinski definition) is 2. The van der Waals surface area contributed by atoms with Crippen LogP contribution in [-0.2, 0) is 16.1 Å². The first-order valence-electron chi connectivity index (χ1n) is 5.56. The summed E-state index contributed by atoms with van der Waals surface area (Å²) in [5, 5.41) is 0. The van der Waals surface area contributed by atoms with Gasteiger partial charge in [0.2, 0.25) is 11.8 Å². The van der Waals surface area contributed by atoms with E-state index >= 15 is 0 Å². The van der Waals surface area contributed by atoms with Gasteiger partial charge in [0, 0.05) is 17.2 Å². The molecule has 7 nitrogen and oxygen atoms in total. The first kappa shape index (κ1) is 15.2. The number of halogens is 1. The molecule has 1 heterocycles. The molecule has 0 unspecified atom stereocenters. The number of amides is 3. The molecule has 1 rings (SSSR count). The molecule has 0 aliphatic heterocycles. The van der Waals surface area contributed by atoms with Crippen LogP contribution in [0.4, 0.5) is 0 Å². The Morgan fingerprint density at radius 3 is 2.21 bits per heavy atom. The summed E-state index contributed by atoms with van der Waals surface area (Å²) in [5.74, 6) is -1.88. The third-order valence-corrected chi connectivity index (χ3v) is 2.84. The van der Waals surface area contributed by atoms with E-state index in [2.05, 4.69) is 15.9 Å². The van der Waals surface area contributed by atoms with Crippen molar-refractivity contribution in [2.24, 2.45) is 11.5 Å². The number of nitrogens with two attached hydrogens (primary N) is 2. The van der Waals surface area contributed by atoms with Crippen LogP contribution in [-0.4, -0.2) is 40.3 Å². The molecular formula is C11H15BrN4O3. The SMILES string of the molecule is CCn1cc(Br)cc1C(=O)N(CC(N)=O)CC(N)=O. The van der Waals surface area contributed by atoms with Gasteiger partial charge in [-0.05, 0) is 28.9 Å². The molecule has 0 aliphatic carbocycles. The molecule has 4 N–H and O–H groups in total. The van der Waals surface area contributed by atoms with E-state index in [0.717, 1.165) is 9.37 Å². The lowest BCUT2D eigenvalue weighted by atomic mass is 10.3. The van der Waals surface area contributed by atoms with Gasteiger partial charge in [-0.2, -0.15) is 0 Å². The Bertz CT molecular complexity index is 496. The quantitative estimate of drug-likeness (QED) is 0.745. The van der Waals surface area contributed by atoms with Crippen molar-refractivity contribution in [3.63, 3.8) is 0 Å². The highest BCUT2D eigenvalue weighted by Crippen LogP contribution is 2.16. The summed E-state index contributed by atoms with van der Waals surface area (Å²) < 4.78 is 2.43. The average molecular weight is 331 g/mol. The van der Waals surface area contributed by atoms with E-state index in [1.54, 1.807) is 16.8 Å². The summed E-state index contributed by atoms with van der Waals surface area (Å²) in [6.07, 6.45) is 1.74. The number of carbonyl (C=O) groups is 3. The number of aromatic nitrogens is 1. The Morgan fingerprint density at radius 2 is 1.79 bits per heavy atom. The number of carbonyl (C=O) groups excluding carboxylic acids is 3. The van der Waals surface area contributed by atoms with Gasteiger partial charge in [-0.15, -0.1) is 0 Å². The monoisotopic (exact) mass is 330 g/mol. The van der Waals surface area contributed by atoms with Crippen LogP contribution in [0.25, 0.3) is 0 Å². The van der Waals surface area contributed by atoms with E-state index in [-0.39, 0.29) is 13.1 Å². The fourth-order valence-electron chi connectivity index (χ4n) is 1.65. The largest absolute Gasteiger partial charge is 0.368 e. The van der Waals surface area contributed by atoms with Gasteiger partial charge in [0.25, 0.3) is 5.91 Å². The molecule has 0 fully saturated rings. The van der Waals surface area contributed by atoms with Crippen molar-refractivity contribution in [3.05, 3.63) is 22.4 Å². The van der Waals surface area contributed by atoms with E-state index in [1.165, 1.54) is 0 Å². The Labute approximate surface area is 118 Å². The van der Waals surface area contributed by atoms with Gasteiger partial charge in [-0.3, -0.25) is 14.4 Å². The number of nitrogens with zero attached hydrogens (tertiary/aromatic N) is 2. The zero-order chi connectivity index (χ0) is 14.6. The number of aryl methyl sites for hydroxylation is 1. The van der Waals surface area contributed by atoms with Crippen LogP contribution in [0.2, 0.25) is 0 Å². The smallest absolute Gasteiger partial charge is 0.271 e. The van der Waals surface area contributed by atoms with Crippen LogP contribution in [0, 0.1) is 0 Å². The van der Waals surface area contributed by atoms with Gasteiger partial charge in [0.1, 0.15) is 18.8 Å². The standard InChI is InChI=1S/C11H15BrN4O3/c1-2-15-4-7(12)3-8(15)11(19)16(5-9(13)17)6-10(14)18/h3-4H,2,5-6H2,1H3,(H2,13,17)(H2,14,18). The maximum Gasteiger partial charge on any atom is 0.271 e. The number of rotatable bonds is 6. The van der Waals surface area contributed by atoms with Crippen molar-refractivity contribution in [3.8, 4) is 0 Å². The Morgan fingerprint density at radius 1 is 1.26 bits per heavy atom. The lowest BCUT2D eigenvalue weighted by molar-refractivity contribution is -0.121. The van der Waals surface area contributed by atoms with Crippen molar-refractivity contribution < 1.29 is 14.4 Å². The van der Waals surface area contributed by atoms with Gasteiger partial charge in [-0.25, -0.2) is 0 Å². The minimum absolute atomic E-state index is 0.353. The molecule has 0 aliphatic rings. The van der Waals surface area contributed by atoms with E-state index < -0.39 is 17.7 Å². The molecule has 0 aromatic carbocycles. The first-order valence-corrected chi connectivity index (χ1v) is 6.36. The maximum absolute atomic E-state index is 12.3. The maximum atomic E-state index is 12.3. The second kappa shape index (κ2) is 6.37. The minimum atomic E-state index is -0.705. The van der Waals surface area contributed by atoms with Crippen LogP contribution in [0.5, 0.6) is 0 Å². The Balaban J connectivity index is 3.03. The summed E-state index contributed by atoms with van der Waals surface area (Å²) in [7, 11) is 0. The van der Waals surface area contributed by atoms with E-state index in [0.29, 0.717) is 12.2 Å². The molecule has 0 radical (unpaired) electrons. The lowest BCUT2D eigenvalue weighted by Crippen LogP contribution is -2.43. The summed E-state index contributed by atoms with van der Waals surface area (Å²) >= 11 is 3.27. The summed E-state index contributed by atoms with van der Waals surface area (Å²) in [6, 6.07) is 1.61. The molecule has 19 heavy (non-hydrogen) atoms. The molecule has 0 spiro atoms. The van der Waals surface area contributed by atoms with Crippen LogP contribution >= 0.6 is 15.9 Å². The van der Waals surface area contributed by atoms with Crippen molar-refractivity contribution in [1.29, 1.82) is 0 Å². The van der Waals surface area contributed by atoms with Crippen LogP contribution in [0.15, 0.2) is 16.7 Å². The Kier molecular flexibility index (Phi) is 5.11. The third kappa shape index (κ3) is 4.09. The second-order valence-electron chi connectivity index (χ2n) is 3.92. The third-order valence-electron chi connectivity index (χ3n) is 2.40.